The molecule has 2 amide bonds. The largest absolute Gasteiger partial charge is 0.385 e. The first-order valence-corrected chi connectivity index (χ1v) is 11.2. The van der Waals surface area contributed by atoms with Crippen molar-refractivity contribution in [1.29, 1.82) is 0 Å². The van der Waals surface area contributed by atoms with Gasteiger partial charge in [-0.1, -0.05) is 32.6 Å². The van der Waals surface area contributed by atoms with Crippen LogP contribution in [0.4, 0.5) is 0 Å². The fourth-order valence-corrected chi connectivity index (χ4v) is 4.04. The summed E-state index contributed by atoms with van der Waals surface area (Å²) in [5, 5.41) is 0. The van der Waals surface area contributed by atoms with Gasteiger partial charge in [0.1, 0.15) is 0 Å². The van der Waals surface area contributed by atoms with Gasteiger partial charge in [-0.3, -0.25) is 9.59 Å². The quantitative estimate of drug-likeness (QED) is 0.499. The molecule has 6 heteroatoms. The highest BCUT2D eigenvalue weighted by atomic mass is 16.5. The molecule has 1 saturated carbocycles. The molecule has 0 spiro atoms. The van der Waals surface area contributed by atoms with Crippen molar-refractivity contribution >= 4 is 11.8 Å². The lowest BCUT2D eigenvalue weighted by Crippen LogP contribution is -2.46. The molecule has 0 bridgehead atoms. The van der Waals surface area contributed by atoms with Crippen LogP contribution in [0, 0.1) is 5.92 Å². The average molecular weight is 406 g/mol. The van der Waals surface area contributed by atoms with E-state index in [0.29, 0.717) is 19.7 Å². The lowest BCUT2D eigenvalue weighted by molar-refractivity contribution is -0.144. The first kappa shape index (κ1) is 23.5. The van der Waals surface area contributed by atoms with Crippen LogP contribution in [0.5, 0.6) is 0 Å². The van der Waals surface area contributed by atoms with Crippen LogP contribution in [-0.4, -0.2) is 59.5 Å². The number of rotatable bonds is 12. The molecule has 164 valence electrons. The maximum absolute atomic E-state index is 13.2. The third-order valence-electron chi connectivity index (χ3n) is 5.91. The van der Waals surface area contributed by atoms with Crippen LogP contribution >= 0.6 is 0 Å². The van der Waals surface area contributed by atoms with Crippen LogP contribution < -0.4 is 0 Å². The Kier molecular flexibility index (Phi) is 10.3. The molecule has 0 saturated heterocycles. The predicted octanol–water partition coefficient (Wildman–Crippen LogP) is 3.60. The Bertz CT molecular complexity index is 623. The molecular weight excluding hydrogens is 366 g/mol. The van der Waals surface area contributed by atoms with Gasteiger partial charge in [-0.15, -0.1) is 0 Å². The number of hydrogen-bond acceptors (Lipinski definition) is 3. The molecule has 0 atom stereocenters. The Hall–Kier alpha value is -1.82. The lowest BCUT2D eigenvalue weighted by Gasteiger charge is -2.31. The van der Waals surface area contributed by atoms with Crippen molar-refractivity contribution in [2.45, 2.75) is 64.8 Å². The number of carbonyl (C=O) groups is 2. The van der Waals surface area contributed by atoms with Crippen LogP contribution in [-0.2, 0) is 27.9 Å². The van der Waals surface area contributed by atoms with E-state index in [1.807, 2.05) is 24.2 Å². The number of aryl methyl sites for hydroxylation is 1. The molecular formula is C23H39N3O3. The molecule has 1 aliphatic carbocycles. The molecule has 0 aliphatic heterocycles. The first-order valence-electron chi connectivity index (χ1n) is 11.2. The number of methoxy groups -OCH3 is 1. The number of nitrogens with zero attached hydrogens (tertiary/aromatic N) is 3. The molecule has 1 aromatic heterocycles. The molecule has 2 rings (SSSR count). The summed E-state index contributed by atoms with van der Waals surface area (Å²) in [6, 6.07) is 4.05. The molecule has 1 fully saturated rings. The van der Waals surface area contributed by atoms with Gasteiger partial charge in [0.25, 0.3) is 0 Å². The molecule has 1 aromatic rings. The molecule has 29 heavy (non-hydrogen) atoms. The monoisotopic (exact) mass is 405 g/mol. The Balaban J connectivity index is 2.06. The van der Waals surface area contributed by atoms with E-state index in [4.69, 9.17) is 4.74 Å². The van der Waals surface area contributed by atoms with E-state index >= 15 is 0 Å². The van der Waals surface area contributed by atoms with Gasteiger partial charge >= 0.3 is 0 Å². The minimum Gasteiger partial charge on any atom is -0.385 e. The Morgan fingerprint density at radius 1 is 1.14 bits per heavy atom. The second kappa shape index (κ2) is 12.7. The summed E-state index contributed by atoms with van der Waals surface area (Å²) in [5.41, 5.74) is 1.11. The number of unbranched alkanes of at least 4 members (excludes halogenated alkanes) is 1. The summed E-state index contributed by atoms with van der Waals surface area (Å²) in [7, 11) is 3.67. The van der Waals surface area contributed by atoms with Crippen molar-refractivity contribution in [3.05, 3.63) is 24.0 Å². The van der Waals surface area contributed by atoms with E-state index < -0.39 is 0 Å². The molecule has 0 aromatic carbocycles. The highest BCUT2D eigenvalue weighted by Gasteiger charge is 2.28. The van der Waals surface area contributed by atoms with Gasteiger partial charge in [-0.25, -0.2) is 0 Å². The smallest absolute Gasteiger partial charge is 0.242 e. The summed E-state index contributed by atoms with van der Waals surface area (Å²) in [4.78, 5) is 30.1. The fraction of sp³-hybridized carbons (Fsp3) is 0.739. The molecule has 0 unspecified atom stereocenters. The highest BCUT2D eigenvalue weighted by Crippen LogP contribution is 2.25. The van der Waals surface area contributed by atoms with Gasteiger partial charge in [-0.05, 0) is 37.8 Å². The van der Waals surface area contributed by atoms with Gasteiger partial charge in [0.2, 0.25) is 11.8 Å². The van der Waals surface area contributed by atoms with Gasteiger partial charge in [0, 0.05) is 51.7 Å². The van der Waals surface area contributed by atoms with Crippen LogP contribution in [0.1, 0.15) is 64.0 Å². The Morgan fingerprint density at radius 2 is 1.86 bits per heavy atom. The third-order valence-corrected chi connectivity index (χ3v) is 5.91. The van der Waals surface area contributed by atoms with Crippen LogP contribution in [0.25, 0.3) is 0 Å². The predicted molar refractivity (Wildman–Crippen MR) is 115 cm³/mol. The maximum Gasteiger partial charge on any atom is 0.242 e. The number of aromatic nitrogens is 1. The minimum absolute atomic E-state index is 0.0428. The Morgan fingerprint density at radius 3 is 2.48 bits per heavy atom. The van der Waals surface area contributed by atoms with E-state index in [2.05, 4.69) is 17.6 Å². The van der Waals surface area contributed by atoms with Crippen molar-refractivity contribution in [3.8, 4) is 0 Å². The van der Waals surface area contributed by atoms with Crippen molar-refractivity contribution in [2.75, 3.05) is 33.4 Å². The van der Waals surface area contributed by atoms with Gasteiger partial charge in [-0.2, -0.15) is 0 Å². The van der Waals surface area contributed by atoms with Crippen molar-refractivity contribution < 1.29 is 14.3 Å². The lowest BCUT2D eigenvalue weighted by atomic mass is 9.88. The van der Waals surface area contributed by atoms with Crippen molar-refractivity contribution in [1.82, 2.24) is 14.4 Å². The molecule has 1 heterocycles. The molecule has 6 nitrogen and oxygen atoms in total. The zero-order valence-electron chi connectivity index (χ0n) is 18.6. The van der Waals surface area contributed by atoms with Crippen LogP contribution in [0.2, 0.25) is 0 Å². The third kappa shape index (κ3) is 7.50. The second-order valence-electron chi connectivity index (χ2n) is 8.22. The molecule has 0 N–H and O–H groups in total. The summed E-state index contributed by atoms with van der Waals surface area (Å²) in [6.45, 7) is 4.81. The number of carbonyl (C=O) groups excluding carboxylic acids is 2. The van der Waals surface area contributed by atoms with Gasteiger partial charge < -0.3 is 19.1 Å². The Labute approximate surface area is 176 Å². The fourth-order valence-electron chi connectivity index (χ4n) is 4.04. The zero-order chi connectivity index (χ0) is 21.1. The van der Waals surface area contributed by atoms with Crippen molar-refractivity contribution in [2.24, 2.45) is 13.0 Å². The maximum atomic E-state index is 13.2. The first-order chi connectivity index (χ1) is 14.1. The number of hydrogen-bond donors (Lipinski definition) is 0. The zero-order valence-corrected chi connectivity index (χ0v) is 18.6. The highest BCUT2D eigenvalue weighted by molar-refractivity contribution is 5.86. The topological polar surface area (TPSA) is 54.8 Å². The SMILES string of the molecule is CCCCN(Cc1cccn1C)C(=O)CN(CCCOC)C(=O)C1CCCCC1. The van der Waals surface area contributed by atoms with Gasteiger partial charge in [0.05, 0.1) is 13.1 Å². The summed E-state index contributed by atoms with van der Waals surface area (Å²) < 4.78 is 7.22. The normalized spacial score (nSPS) is 14.7. The summed E-state index contributed by atoms with van der Waals surface area (Å²) in [6.07, 6.45) is 10.1. The number of ether oxygens (including phenoxy) is 1. The van der Waals surface area contributed by atoms with E-state index in [1.54, 1.807) is 12.0 Å². The van der Waals surface area contributed by atoms with Crippen LogP contribution in [0.3, 0.4) is 0 Å². The number of amides is 2. The summed E-state index contributed by atoms with van der Waals surface area (Å²) in [5.74, 6) is 0.278. The van der Waals surface area contributed by atoms with Crippen LogP contribution in [0.15, 0.2) is 18.3 Å². The van der Waals surface area contributed by atoms with E-state index in [0.717, 1.165) is 57.2 Å². The molecule has 0 radical (unpaired) electrons. The van der Waals surface area contributed by atoms with Gasteiger partial charge in [0.15, 0.2) is 0 Å². The standard InChI is InChI=1S/C23H39N3O3/c1-4-5-15-25(18-21-13-9-14-24(21)2)22(27)19-26(16-10-17-29-3)23(28)20-11-7-6-8-12-20/h9,13-14,20H,4-8,10-12,15-19H2,1-3H3. The molecule has 1 aliphatic rings. The van der Waals surface area contributed by atoms with Crippen molar-refractivity contribution in [3.63, 3.8) is 0 Å². The summed E-state index contributed by atoms with van der Waals surface area (Å²) >= 11 is 0. The van der Waals surface area contributed by atoms with E-state index in [1.165, 1.54) is 6.42 Å². The second-order valence-corrected chi connectivity index (χ2v) is 8.22. The minimum atomic E-state index is 0.0428. The van der Waals surface area contributed by atoms with E-state index in [-0.39, 0.29) is 24.3 Å². The average Bonchev–Trinajstić information content (AvgIpc) is 3.14. The van der Waals surface area contributed by atoms with E-state index in [9.17, 15) is 9.59 Å².